The maximum Gasteiger partial charge on any atom is 0.229 e. The van der Waals surface area contributed by atoms with E-state index >= 15 is 0 Å². The van der Waals surface area contributed by atoms with E-state index in [2.05, 4.69) is 15.0 Å². The van der Waals surface area contributed by atoms with Crippen LogP contribution in [0.25, 0.3) is 11.4 Å². The van der Waals surface area contributed by atoms with Crippen molar-refractivity contribution >= 4 is 17.5 Å². The molecule has 0 spiro atoms. The summed E-state index contributed by atoms with van der Waals surface area (Å²) in [5.41, 5.74) is 0.800. The van der Waals surface area contributed by atoms with Crippen molar-refractivity contribution in [1.29, 1.82) is 0 Å². The van der Waals surface area contributed by atoms with Crippen LogP contribution < -0.4 is 9.64 Å². The molecule has 0 atom stereocenters. The van der Waals surface area contributed by atoms with E-state index in [0.717, 1.165) is 11.3 Å². The summed E-state index contributed by atoms with van der Waals surface area (Å²) in [5.74, 6) is 1.75. The largest absolute Gasteiger partial charge is 0.490 e. The first-order valence-electron chi connectivity index (χ1n) is 6.32. The lowest BCUT2D eigenvalue weighted by molar-refractivity contribution is 0.243. The quantitative estimate of drug-likeness (QED) is 0.867. The highest BCUT2D eigenvalue weighted by atomic mass is 35.5. The van der Waals surface area contributed by atoms with E-state index in [1.165, 1.54) is 0 Å². The molecule has 2 aromatic rings. The Morgan fingerprint density at radius 3 is 2.45 bits per heavy atom. The van der Waals surface area contributed by atoms with Crippen LogP contribution >= 0.6 is 11.6 Å². The Hall–Kier alpha value is -1.88. The van der Waals surface area contributed by atoms with Gasteiger partial charge in [0.15, 0.2) is 5.82 Å². The highest BCUT2D eigenvalue weighted by Crippen LogP contribution is 2.29. The number of rotatable bonds is 4. The summed E-state index contributed by atoms with van der Waals surface area (Å²) in [4.78, 5) is 14.5. The molecule has 1 aromatic carbocycles. The Balaban J connectivity index is 2.51. The summed E-state index contributed by atoms with van der Waals surface area (Å²) in [6.45, 7) is 3.95. The third-order valence-electron chi connectivity index (χ3n) is 2.49. The second-order valence-corrected chi connectivity index (χ2v) is 5.12. The number of anilines is 1. The Morgan fingerprint density at radius 2 is 1.80 bits per heavy atom. The molecule has 106 valence electrons. The molecule has 0 amide bonds. The number of ether oxygens (including phenoxy) is 1. The van der Waals surface area contributed by atoms with Gasteiger partial charge in [0.05, 0.1) is 11.7 Å². The summed E-state index contributed by atoms with van der Waals surface area (Å²) in [6.07, 6.45) is 0.0711. The van der Waals surface area contributed by atoms with Gasteiger partial charge in [0, 0.05) is 14.1 Å². The molecule has 1 heterocycles. The summed E-state index contributed by atoms with van der Waals surface area (Å²) in [6, 6.07) is 7.62. The van der Waals surface area contributed by atoms with Crippen LogP contribution in [0.4, 0.5) is 5.95 Å². The Bertz CT molecular complexity index is 601. The van der Waals surface area contributed by atoms with Gasteiger partial charge in [-0.05, 0) is 37.6 Å². The van der Waals surface area contributed by atoms with Crippen molar-refractivity contribution < 1.29 is 4.74 Å². The smallest absolute Gasteiger partial charge is 0.229 e. The molecule has 0 aliphatic carbocycles. The number of halogens is 1. The van der Waals surface area contributed by atoms with Crippen molar-refractivity contribution in [2.45, 2.75) is 20.0 Å². The van der Waals surface area contributed by atoms with Crippen molar-refractivity contribution in [3.8, 4) is 17.1 Å². The first-order valence-corrected chi connectivity index (χ1v) is 6.70. The predicted octanol–water partition coefficient (Wildman–Crippen LogP) is 3.05. The number of nitrogens with zero attached hydrogens (tertiary/aromatic N) is 4. The van der Waals surface area contributed by atoms with Gasteiger partial charge in [0.1, 0.15) is 5.75 Å². The van der Waals surface area contributed by atoms with Gasteiger partial charge in [-0.25, -0.2) is 0 Å². The van der Waals surface area contributed by atoms with Crippen molar-refractivity contribution in [3.63, 3.8) is 0 Å². The van der Waals surface area contributed by atoms with E-state index in [-0.39, 0.29) is 11.4 Å². The van der Waals surface area contributed by atoms with Crippen LogP contribution in [0.3, 0.4) is 0 Å². The van der Waals surface area contributed by atoms with Gasteiger partial charge >= 0.3 is 0 Å². The van der Waals surface area contributed by atoms with Crippen molar-refractivity contribution in [3.05, 3.63) is 29.5 Å². The Labute approximate surface area is 123 Å². The van der Waals surface area contributed by atoms with Crippen LogP contribution in [0.1, 0.15) is 13.8 Å². The van der Waals surface area contributed by atoms with Gasteiger partial charge in [-0.3, -0.25) is 0 Å². The minimum Gasteiger partial charge on any atom is -0.490 e. The van der Waals surface area contributed by atoms with E-state index in [1.807, 2.05) is 52.2 Å². The highest BCUT2D eigenvalue weighted by molar-refractivity contribution is 6.28. The van der Waals surface area contributed by atoms with E-state index < -0.39 is 0 Å². The molecular weight excluding hydrogens is 276 g/mol. The molecule has 0 bridgehead atoms. The normalized spacial score (nSPS) is 10.7. The summed E-state index contributed by atoms with van der Waals surface area (Å²) in [7, 11) is 3.71. The van der Waals surface area contributed by atoms with Gasteiger partial charge in [-0.1, -0.05) is 12.1 Å². The van der Waals surface area contributed by atoms with Gasteiger partial charge in [0.2, 0.25) is 11.2 Å². The van der Waals surface area contributed by atoms with Crippen LogP contribution in [-0.4, -0.2) is 35.2 Å². The molecular formula is C14H17ClN4O. The highest BCUT2D eigenvalue weighted by Gasteiger charge is 2.13. The number of benzene rings is 1. The predicted molar refractivity (Wildman–Crippen MR) is 80.4 cm³/mol. The first-order chi connectivity index (χ1) is 9.47. The van der Waals surface area contributed by atoms with Gasteiger partial charge < -0.3 is 9.64 Å². The SMILES string of the molecule is CC(C)Oc1ccccc1-c1nc(Cl)nc(N(C)C)n1. The summed E-state index contributed by atoms with van der Waals surface area (Å²) < 4.78 is 5.78. The van der Waals surface area contributed by atoms with Crippen LogP contribution in [-0.2, 0) is 0 Å². The first kappa shape index (κ1) is 14.5. The fourth-order valence-electron chi connectivity index (χ4n) is 1.67. The monoisotopic (exact) mass is 292 g/mol. The lowest BCUT2D eigenvalue weighted by Crippen LogP contribution is -2.14. The molecule has 0 aliphatic heterocycles. The van der Waals surface area contributed by atoms with Crippen LogP contribution in [0, 0.1) is 0 Å². The average molecular weight is 293 g/mol. The number of para-hydroxylation sites is 1. The zero-order valence-electron chi connectivity index (χ0n) is 12.0. The average Bonchev–Trinajstić information content (AvgIpc) is 2.37. The molecule has 5 nitrogen and oxygen atoms in total. The van der Waals surface area contributed by atoms with Gasteiger partial charge in [-0.15, -0.1) is 0 Å². The van der Waals surface area contributed by atoms with E-state index in [4.69, 9.17) is 16.3 Å². The standard InChI is InChI=1S/C14H17ClN4O/c1-9(2)20-11-8-6-5-7-10(11)12-16-13(15)18-14(17-12)19(3)4/h5-9H,1-4H3. The minimum atomic E-state index is 0.0711. The number of hydrogen-bond acceptors (Lipinski definition) is 5. The summed E-state index contributed by atoms with van der Waals surface area (Å²) >= 11 is 5.97. The molecule has 0 saturated heterocycles. The fourth-order valence-corrected chi connectivity index (χ4v) is 1.82. The lowest BCUT2D eigenvalue weighted by atomic mass is 10.2. The third-order valence-corrected chi connectivity index (χ3v) is 2.66. The topological polar surface area (TPSA) is 51.1 Å². The molecule has 20 heavy (non-hydrogen) atoms. The summed E-state index contributed by atoms with van der Waals surface area (Å²) in [5, 5.41) is 0.165. The maximum atomic E-state index is 5.97. The molecule has 0 fully saturated rings. The second kappa shape index (κ2) is 6.05. The van der Waals surface area contributed by atoms with Gasteiger partial charge in [0.25, 0.3) is 0 Å². The minimum absolute atomic E-state index is 0.0711. The van der Waals surface area contributed by atoms with Crippen LogP contribution in [0.15, 0.2) is 24.3 Å². The molecule has 2 rings (SSSR count). The Morgan fingerprint density at radius 1 is 1.10 bits per heavy atom. The maximum absolute atomic E-state index is 5.97. The van der Waals surface area contributed by atoms with Gasteiger partial charge in [-0.2, -0.15) is 15.0 Å². The van der Waals surface area contributed by atoms with Crippen molar-refractivity contribution in [2.24, 2.45) is 0 Å². The van der Waals surface area contributed by atoms with Crippen LogP contribution in [0.5, 0.6) is 5.75 Å². The third kappa shape index (κ3) is 3.36. The van der Waals surface area contributed by atoms with E-state index in [1.54, 1.807) is 4.90 Å². The van der Waals surface area contributed by atoms with Crippen molar-refractivity contribution in [1.82, 2.24) is 15.0 Å². The van der Waals surface area contributed by atoms with Crippen LogP contribution in [0.2, 0.25) is 5.28 Å². The fraction of sp³-hybridized carbons (Fsp3) is 0.357. The molecule has 6 heteroatoms. The Kier molecular flexibility index (Phi) is 4.39. The molecule has 0 N–H and O–H groups in total. The molecule has 0 unspecified atom stereocenters. The molecule has 1 aromatic heterocycles. The molecule has 0 aliphatic rings. The second-order valence-electron chi connectivity index (χ2n) is 4.79. The van der Waals surface area contributed by atoms with E-state index in [0.29, 0.717) is 11.8 Å². The zero-order chi connectivity index (χ0) is 14.7. The molecule has 0 saturated carbocycles. The van der Waals surface area contributed by atoms with Crippen molar-refractivity contribution in [2.75, 3.05) is 19.0 Å². The molecule has 0 radical (unpaired) electrons. The van der Waals surface area contributed by atoms with E-state index in [9.17, 15) is 0 Å². The zero-order valence-corrected chi connectivity index (χ0v) is 12.7. The number of hydrogen-bond donors (Lipinski definition) is 0. The number of aromatic nitrogens is 3. The lowest BCUT2D eigenvalue weighted by Gasteiger charge is -2.15.